The first kappa shape index (κ1) is 23.1. The Morgan fingerprint density at radius 3 is 1.91 bits per heavy atom. The standard InChI is InChI=1S/C18H30O3S.Na.H/c1-2-3-4-5-6-7-8-9-10-11-13-17-14-12-15-18(16-17)22(19,20)21;;/h12,14-16H,2-11,13H2,1H3,(H,19,20,21);;. The van der Waals surface area contributed by atoms with Crippen LogP contribution < -0.4 is 0 Å². The van der Waals surface area contributed by atoms with Crippen molar-refractivity contribution < 1.29 is 13.0 Å². The van der Waals surface area contributed by atoms with Gasteiger partial charge in [-0.2, -0.15) is 8.42 Å². The van der Waals surface area contributed by atoms with Crippen LogP contribution in [0.3, 0.4) is 0 Å². The molecule has 0 saturated carbocycles. The Morgan fingerprint density at radius 1 is 0.870 bits per heavy atom. The molecule has 0 aliphatic rings. The Bertz CT molecular complexity index is 515. The summed E-state index contributed by atoms with van der Waals surface area (Å²) in [5, 5.41) is 0. The summed E-state index contributed by atoms with van der Waals surface area (Å²) < 4.78 is 31.2. The van der Waals surface area contributed by atoms with Crippen molar-refractivity contribution in [3.63, 3.8) is 0 Å². The van der Waals surface area contributed by atoms with Gasteiger partial charge in [0.15, 0.2) is 0 Å². The van der Waals surface area contributed by atoms with E-state index in [1.807, 2.05) is 6.07 Å². The van der Waals surface area contributed by atoms with Crippen LogP contribution in [-0.2, 0) is 16.5 Å². The number of rotatable bonds is 12. The molecule has 1 aromatic rings. The fraction of sp³-hybridized carbons (Fsp3) is 0.667. The molecule has 23 heavy (non-hydrogen) atoms. The number of hydrogen-bond acceptors (Lipinski definition) is 2. The normalized spacial score (nSPS) is 11.2. The maximum absolute atomic E-state index is 11.1. The van der Waals surface area contributed by atoms with Crippen LogP contribution >= 0.6 is 0 Å². The molecule has 0 aliphatic carbocycles. The average Bonchev–Trinajstić information content (AvgIpc) is 2.49. The zero-order valence-electron chi connectivity index (χ0n) is 13.8. The van der Waals surface area contributed by atoms with Crippen LogP contribution in [0.15, 0.2) is 29.2 Å². The van der Waals surface area contributed by atoms with Gasteiger partial charge in [-0.1, -0.05) is 76.8 Å². The van der Waals surface area contributed by atoms with Crippen LogP contribution in [0.4, 0.5) is 0 Å². The van der Waals surface area contributed by atoms with E-state index in [2.05, 4.69) is 6.92 Å². The van der Waals surface area contributed by atoms with Crippen molar-refractivity contribution in [3.05, 3.63) is 29.8 Å². The maximum atomic E-state index is 11.1. The molecule has 0 radical (unpaired) electrons. The fourth-order valence-electron chi connectivity index (χ4n) is 2.68. The molecule has 0 unspecified atom stereocenters. The van der Waals surface area contributed by atoms with Crippen molar-refractivity contribution in [1.29, 1.82) is 0 Å². The Morgan fingerprint density at radius 2 is 1.39 bits per heavy atom. The molecule has 0 atom stereocenters. The molecule has 0 spiro atoms. The molecular weight excluding hydrogens is 319 g/mol. The van der Waals surface area contributed by atoms with E-state index in [4.69, 9.17) is 4.55 Å². The van der Waals surface area contributed by atoms with Crippen LogP contribution in [0.1, 0.15) is 76.7 Å². The molecule has 0 amide bonds. The molecule has 0 bridgehead atoms. The van der Waals surface area contributed by atoms with Gasteiger partial charge in [-0.15, -0.1) is 0 Å². The van der Waals surface area contributed by atoms with E-state index in [9.17, 15) is 8.42 Å². The molecule has 1 aromatic carbocycles. The minimum atomic E-state index is -4.08. The van der Waals surface area contributed by atoms with Gasteiger partial charge < -0.3 is 0 Å². The third kappa shape index (κ3) is 11.3. The molecule has 5 heteroatoms. The van der Waals surface area contributed by atoms with Gasteiger partial charge in [0.1, 0.15) is 0 Å². The summed E-state index contributed by atoms with van der Waals surface area (Å²) in [6.45, 7) is 2.24. The van der Waals surface area contributed by atoms with E-state index in [1.165, 1.54) is 63.9 Å². The molecule has 0 saturated heterocycles. The van der Waals surface area contributed by atoms with Crippen LogP contribution in [0.25, 0.3) is 0 Å². The monoisotopic (exact) mass is 350 g/mol. The second-order valence-corrected chi connectivity index (χ2v) is 7.48. The molecule has 0 aliphatic heterocycles. The van der Waals surface area contributed by atoms with Crippen molar-refractivity contribution in [1.82, 2.24) is 0 Å². The number of unbranched alkanes of at least 4 members (excludes halogenated alkanes) is 9. The Hall–Kier alpha value is 0.130. The van der Waals surface area contributed by atoms with Gasteiger partial charge in [0, 0.05) is 0 Å². The van der Waals surface area contributed by atoms with E-state index in [0.29, 0.717) is 0 Å². The average molecular weight is 350 g/mol. The van der Waals surface area contributed by atoms with E-state index in [-0.39, 0.29) is 34.5 Å². The Labute approximate surface area is 164 Å². The molecule has 3 nitrogen and oxygen atoms in total. The zero-order valence-corrected chi connectivity index (χ0v) is 14.6. The predicted octanol–water partition coefficient (Wildman–Crippen LogP) is 4.75. The van der Waals surface area contributed by atoms with Crippen molar-refractivity contribution in [2.75, 3.05) is 0 Å². The summed E-state index contributed by atoms with van der Waals surface area (Å²) in [5.74, 6) is 0. The topological polar surface area (TPSA) is 54.4 Å². The first-order valence-corrected chi connectivity index (χ1v) is 10.0. The van der Waals surface area contributed by atoms with Crippen LogP contribution in [0.5, 0.6) is 0 Å². The first-order chi connectivity index (χ1) is 10.5. The van der Waals surface area contributed by atoms with E-state index >= 15 is 0 Å². The summed E-state index contributed by atoms with van der Waals surface area (Å²) in [4.78, 5) is -0.00270. The van der Waals surface area contributed by atoms with Gasteiger partial charge in [0.25, 0.3) is 10.1 Å². The van der Waals surface area contributed by atoms with Gasteiger partial charge in [-0.3, -0.25) is 4.55 Å². The van der Waals surface area contributed by atoms with Gasteiger partial charge in [-0.25, -0.2) is 0 Å². The van der Waals surface area contributed by atoms with E-state index in [0.717, 1.165) is 18.4 Å². The fourth-order valence-corrected chi connectivity index (χ4v) is 3.23. The Kier molecular flexibility index (Phi) is 13.5. The summed E-state index contributed by atoms with van der Waals surface area (Å²) in [5.41, 5.74) is 0.981. The van der Waals surface area contributed by atoms with Gasteiger partial charge >= 0.3 is 29.6 Å². The third-order valence-corrected chi connectivity index (χ3v) is 4.86. The molecule has 1 N–H and O–H groups in total. The Balaban J connectivity index is 0.00000484. The van der Waals surface area contributed by atoms with Crippen molar-refractivity contribution >= 4 is 39.7 Å². The molecule has 0 fully saturated rings. The summed E-state index contributed by atoms with van der Waals surface area (Å²) in [6.07, 6.45) is 13.8. The number of hydrogen-bond donors (Lipinski definition) is 1. The van der Waals surface area contributed by atoms with Crippen molar-refractivity contribution in [2.24, 2.45) is 0 Å². The summed E-state index contributed by atoms with van der Waals surface area (Å²) in [6, 6.07) is 6.61. The molecular formula is C18H31NaO3S. The summed E-state index contributed by atoms with van der Waals surface area (Å²) >= 11 is 0. The van der Waals surface area contributed by atoms with E-state index in [1.54, 1.807) is 12.1 Å². The van der Waals surface area contributed by atoms with Crippen LogP contribution in [0, 0.1) is 0 Å². The van der Waals surface area contributed by atoms with Crippen molar-refractivity contribution in [3.8, 4) is 0 Å². The first-order valence-electron chi connectivity index (χ1n) is 8.60. The van der Waals surface area contributed by atoms with Crippen molar-refractivity contribution in [2.45, 2.75) is 82.4 Å². The SMILES string of the molecule is CCCCCCCCCCCCc1cccc(S(=O)(=O)O)c1.[NaH]. The quantitative estimate of drug-likeness (QED) is 0.336. The minimum absolute atomic E-state index is 0. The predicted molar refractivity (Wildman–Crippen MR) is 99.0 cm³/mol. The second-order valence-electron chi connectivity index (χ2n) is 6.05. The van der Waals surface area contributed by atoms with Gasteiger partial charge in [0.05, 0.1) is 4.90 Å². The molecule has 0 heterocycles. The molecule has 128 valence electrons. The van der Waals surface area contributed by atoms with Gasteiger partial charge in [-0.05, 0) is 30.5 Å². The third-order valence-electron chi connectivity index (χ3n) is 4.02. The second kappa shape index (κ2) is 13.4. The van der Waals surface area contributed by atoms with Gasteiger partial charge in [0.2, 0.25) is 0 Å². The van der Waals surface area contributed by atoms with E-state index < -0.39 is 10.1 Å². The zero-order chi connectivity index (χ0) is 16.3. The molecule has 0 aromatic heterocycles. The number of benzene rings is 1. The molecule has 1 rings (SSSR count). The van der Waals surface area contributed by atoms with Crippen LogP contribution in [0.2, 0.25) is 0 Å². The number of aryl methyl sites for hydroxylation is 1. The summed E-state index contributed by atoms with van der Waals surface area (Å²) in [7, 11) is -4.08. The van der Waals surface area contributed by atoms with Crippen LogP contribution in [-0.4, -0.2) is 42.5 Å².